The van der Waals surface area contributed by atoms with Crippen LogP contribution in [0, 0.1) is 12.1 Å². The molecule has 0 aliphatic carbocycles. The first-order chi connectivity index (χ1) is 12.2. The lowest BCUT2D eigenvalue weighted by molar-refractivity contribution is -0.806. The van der Waals surface area contributed by atoms with Gasteiger partial charge in [0.2, 0.25) is 20.0 Å². The van der Waals surface area contributed by atoms with Crippen molar-refractivity contribution in [2.45, 2.75) is 29.1 Å². The van der Waals surface area contributed by atoms with Crippen LogP contribution in [0.4, 0.5) is 18.9 Å². The smallest absolute Gasteiger partial charge is 0.361 e. The number of benzene rings is 1. The molecule has 2 aromatic rings. The molecule has 0 saturated carbocycles. The van der Waals surface area contributed by atoms with Gasteiger partial charge < -0.3 is 10.5 Å². The fraction of sp³-hybridized carbons (Fsp3) is 0.273. The normalized spacial score (nSPS) is 19.4. The van der Waals surface area contributed by atoms with Gasteiger partial charge >= 0.3 is 6.18 Å². The number of fused-ring (bicyclic) bond motifs is 1. The maximum absolute atomic E-state index is 13.2. The van der Waals surface area contributed by atoms with Crippen LogP contribution in [-0.2, 0) is 26.2 Å². The SMILES string of the molecule is Cc1c(C2Nc3cc(C(F)(F)F)c(S(N)(=O)=O)cc3S(=O)(=O)N2)no[n+]1[O-]. The zero-order valence-corrected chi connectivity index (χ0v) is 14.7. The number of hydrogen-bond acceptors (Lipinski definition) is 8. The second-order valence-corrected chi connectivity index (χ2v) is 8.70. The van der Waals surface area contributed by atoms with Crippen molar-refractivity contribution in [2.75, 3.05) is 5.32 Å². The van der Waals surface area contributed by atoms with Crippen molar-refractivity contribution in [3.05, 3.63) is 34.3 Å². The van der Waals surface area contributed by atoms with E-state index >= 15 is 0 Å². The molecule has 16 heteroatoms. The second kappa shape index (κ2) is 5.78. The third-order valence-corrected chi connectivity index (χ3v) is 6.10. The predicted octanol–water partition coefficient (Wildman–Crippen LogP) is -0.315. The van der Waals surface area contributed by atoms with E-state index in [0.717, 1.165) is 0 Å². The van der Waals surface area contributed by atoms with Crippen LogP contribution in [0.2, 0.25) is 0 Å². The van der Waals surface area contributed by atoms with Crippen LogP contribution in [0.5, 0.6) is 0 Å². The molecule has 1 aromatic carbocycles. The number of rotatable bonds is 2. The minimum absolute atomic E-state index is 0.0218. The predicted molar refractivity (Wildman–Crippen MR) is 79.7 cm³/mol. The standard InChI is InChI=1S/C11H10F3N5O6S2/c1-4-9(17-25-19(4)20)10-16-6-2-5(11(12,13)14)7(26(15,21)22)3-8(6)27(23,24)18-10/h2-3,10,16,18H,1H3,(H2,15,21,22). The second-order valence-electron chi connectivity index (χ2n) is 5.49. The van der Waals surface area contributed by atoms with Gasteiger partial charge in [-0.1, -0.05) is 0 Å². The zero-order chi connectivity index (χ0) is 20.4. The summed E-state index contributed by atoms with van der Waals surface area (Å²) in [5, 5.41) is 21.8. The largest absolute Gasteiger partial charge is 0.417 e. The highest BCUT2D eigenvalue weighted by Crippen LogP contribution is 2.40. The van der Waals surface area contributed by atoms with E-state index in [1.807, 2.05) is 4.72 Å². The number of sulfonamides is 2. The van der Waals surface area contributed by atoms with Gasteiger partial charge in [0.1, 0.15) is 4.90 Å². The first-order valence-corrected chi connectivity index (χ1v) is 9.88. The van der Waals surface area contributed by atoms with E-state index in [4.69, 9.17) is 5.14 Å². The number of hydrogen-bond donors (Lipinski definition) is 3. The molecule has 0 amide bonds. The molecular weight excluding hydrogens is 419 g/mol. The third kappa shape index (κ3) is 3.31. The topological polar surface area (TPSA) is 171 Å². The van der Waals surface area contributed by atoms with E-state index in [9.17, 15) is 35.2 Å². The molecule has 27 heavy (non-hydrogen) atoms. The van der Waals surface area contributed by atoms with Crippen molar-refractivity contribution in [3.63, 3.8) is 0 Å². The van der Waals surface area contributed by atoms with E-state index in [-0.39, 0.29) is 16.3 Å². The number of nitrogens with two attached hydrogens (primary N) is 1. The van der Waals surface area contributed by atoms with Crippen molar-refractivity contribution in [1.29, 1.82) is 0 Å². The number of nitrogens with zero attached hydrogens (tertiary/aromatic N) is 2. The average molecular weight is 429 g/mol. The van der Waals surface area contributed by atoms with Gasteiger partial charge in [-0.25, -0.2) is 22.0 Å². The minimum Gasteiger partial charge on any atom is -0.361 e. The molecule has 0 radical (unpaired) electrons. The van der Waals surface area contributed by atoms with Crippen molar-refractivity contribution < 1.29 is 39.5 Å². The lowest BCUT2D eigenvalue weighted by Crippen LogP contribution is -2.40. The van der Waals surface area contributed by atoms with Crippen LogP contribution in [0.25, 0.3) is 0 Å². The molecule has 148 valence electrons. The molecule has 1 unspecified atom stereocenters. The van der Waals surface area contributed by atoms with Gasteiger partial charge in [-0.15, -0.1) is 0 Å². The third-order valence-electron chi connectivity index (χ3n) is 3.69. The molecule has 3 rings (SSSR count). The Morgan fingerprint density at radius 3 is 2.48 bits per heavy atom. The Labute approximate surface area is 149 Å². The molecule has 0 fully saturated rings. The molecule has 0 bridgehead atoms. The summed E-state index contributed by atoms with van der Waals surface area (Å²) in [5.74, 6) is 0. The maximum Gasteiger partial charge on any atom is 0.417 e. The first-order valence-electron chi connectivity index (χ1n) is 6.85. The maximum atomic E-state index is 13.2. The number of anilines is 1. The van der Waals surface area contributed by atoms with Crippen LogP contribution in [0.15, 0.2) is 26.6 Å². The highest BCUT2D eigenvalue weighted by Gasteiger charge is 2.42. The molecule has 1 aliphatic heterocycles. The Kier molecular flexibility index (Phi) is 4.14. The molecule has 2 heterocycles. The fourth-order valence-corrected chi connectivity index (χ4v) is 4.57. The summed E-state index contributed by atoms with van der Waals surface area (Å²) in [6, 6.07) is 0.615. The van der Waals surface area contributed by atoms with Gasteiger partial charge in [0.25, 0.3) is 5.69 Å². The van der Waals surface area contributed by atoms with Gasteiger partial charge in [0.15, 0.2) is 11.9 Å². The van der Waals surface area contributed by atoms with Crippen molar-refractivity contribution in [2.24, 2.45) is 5.14 Å². The minimum atomic E-state index is -5.13. The quantitative estimate of drug-likeness (QED) is 0.545. The highest BCUT2D eigenvalue weighted by molar-refractivity contribution is 7.90. The molecule has 4 N–H and O–H groups in total. The highest BCUT2D eigenvalue weighted by atomic mass is 32.2. The van der Waals surface area contributed by atoms with Crippen molar-refractivity contribution >= 4 is 25.7 Å². The molecule has 0 saturated heterocycles. The summed E-state index contributed by atoms with van der Waals surface area (Å²) in [5.41, 5.74) is -2.57. The van der Waals surface area contributed by atoms with E-state index in [1.54, 1.807) is 0 Å². The fourth-order valence-electron chi connectivity index (χ4n) is 2.44. The van der Waals surface area contributed by atoms with Crippen LogP contribution in [-0.4, -0.2) is 22.0 Å². The number of nitrogens with one attached hydrogen (secondary N) is 2. The summed E-state index contributed by atoms with van der Waals surface area (Å²) in [6.07, 6.45) is -6.56. The molecule has 1 aromatic heterocycles. The molecular formula is C11H10F3N5O6S2. The van der Waals surface area contributed by atoms with Gasteiger partial charge in [-0.2, -0.15) is 17.9 Å². The number of alkyl halides is 3. The summed E-state index contributed by atoms with van der Waals surface area (Å²) >= 11 is 0. The van der Waals surface area contributed by atoms with E-state index in [0.29, 0.717) is 12.1 Å². The van der Waals surface area contributed by atoms with Gasteiger partial charge in [0, 0.05) is 12.1 Å². The summed E-state index contributed by atoms with van der Waals surface area (Å²) < 4.78 is 93.9. The average Bonchev–Trinajstić information content (AvgIpc) is 2.83. The monoisotopic (exact) mass is 429 g/mol. The Morgan fingerprint density at radius 1 is 1.37 bits per heavy atom. The van der Waals surface area contributed by atoms with Crippen LogP contribution < -0.4 is 20.1 Å². The number of halogens is 3. The van der Waals surface area contributed by atoms with Crippen LogP contribution >= 0.6 is 0 Å². The van der Waals surface area contributed by atoms with Crippen molar-refractivity contribution in [1.82, 2.24) is 9.88 Å². The zero-order valence-electron chi connectivity index (χ0n) is 13.1. The van der Waals surface area contributed by atoms with Crippen LogP contribution in [0.1, 0.15) is 23.1 Å². The van der Waals surface area contributed by atoms with E-state index < -0.39 is 53.4 Å². The Bertz CT molecular complexity index is 1140. The van der Waals surface area contributed by atoms with Gasteiger partial charge in [0.05, 0.1) is 16.1 Å². The van der Waals surface area contributed by atoms with Crippen molar-refractivity contribution in [3.8, 4) is 0 Å². The van der Waals surface area contributed by atoms with Gasteiger partial charge in [-0.05, 0) is 17.0 Å². The van der Waals surface area contributed by atoms with E-state index in [2.05, 4.69) is 15.1 Å². The number of aromatic nitrogens is 2. The molecule has 11 nitrogen and oxygen atoms in total. The lowest BCUT2D eigenvalue weighted by Gasteiger charge is -2.27. The molecule has 1 aliphatic rings. The summed E-state index contributed by atoms with van der Waals surface area (Å²) in [4.78, 5) is -2.19. The van der Waals surface area contributed by atoms with E-state index in [1.165, 1.54) is 6.92 Å². The van der Waals surface area contributed by atoms with Gasteiger partial charge in [-0.3, -0.25) is 4.63 Å². The molecule has 0 spiro atoms. The lowest BCUT2D eigenvalue weighted by atomic mass is 10.1. The Morgan fingerprint density at radius 2 is 2.00 bits per heavy atom. The molecule has 1 atom stereocenters. The van der Waals surface area contributed by atoms with Crippen LogP contribution in [0.3, 0.4) is 0 Å². The summed E-state index contributed by atoms with van der Waals surface area (Å²) in [6.45, 7) is 1.25. The Hall–Kier alpha value is -2.43. The number of primary sulfonamides is 1. The first kappa shape index (κ1) is 19.3. The Balaban J connectivity index is 2.24. The summed E-state index contributed by atoms with van der Waals surface area (Å²) in [7, 11) is -9.37.